The molecule has 0 saturated heterocycles. The molecule has 0 spiro atoms. The van der Waals surface area contributed by atoms with E-state index in [1.807, 2.05) is 57.1 Å². The molecule has 0 aliphatic carbocycles. The lowest BCUT2D eigenvalue weighted by atomic mass is 10.1. The Kier molecular flexibility index (Phi) is 5.12. The van der Waals surface area contributed by atoms with Crippen LogP contribution >= 0.6 is 0 Å². The fraction of sp³-hybridized carbons (Fsp3) is 0.368. The SMILES string of the molecule is CC(=O)c1c(C)[nH]c(C(=O)N(C)Cc2ccc(N(C)C)cc2)c1C. The Morgan fingerprint density at radius 1 is 1.04 bits per heavy atom. The van der Waals surface area contributed by atoms with Gasteiger partial charge < -0.3 is 14.8 Å². The smallest absolute Gasteiger partial charge is 0.270 e. The average Bonchev–Trinajstić information content (AvgIpc) is 2.81. The van der Waals surface area contributed by atoms with Gasteiger partial charge in [0.25, 0.3) is 5.91 Å². The largest absolute Gasteiger partial charge is 0.378 e. The van der Waals surface area contributed by atoms with Gasteiger partial charge in [0.1, 0.15) is 5.69 Å². The van der Waals surface area contributed by atoms with Gasteiger partial charge in [-0.1, -0.05) is 12.1 Å². The van der Waals surface area contributed by atoms with Crippen molar-refractivity contribution in [3.8, 4) is 0 Å². The summed E-state index contributed by atoms with van der Waals surface area (Å²) in [6.07, 6.45) is 0. The van der Waals surface area contributed by atoms with E-state index in [9.17, 15) is 9.59 Å². The van der Waals surface area contributed by atoms with Crippen molar-refractivity contribution in [3.63, 3.8) is 0 Å². The minimum Gasteiger partial charge on any atom is -0.378 e. The molecule has 0 radical (unpaired) electrons. The van der Waals surface area contributed by atoms with Gasteiger partial charge in [-0.3, -0.25) is 9.59 Å². The number of aromatic nitrogens is 1. The second-order valence-corrected chi connectivity index (χ2v) is 6.40. The van der Waals surface area contributed by atoms with Crippen LogP contribution in [-0.2, 0) is 6.54 Å². The summed E-state index contributed by atoms with van der Waals surface area (Å²) in [5.74, 6) is -0.137. The minimum absolute atomic E-state index is 0.0257. The van der Waals surface area contributed by atoms with Crippen LogP contribution in [0.5, 0.6) is 0 Å². The molecule has 2 rings (SSSR count). The standard InChI is InChI=1S/C19H25N3O2/c1-12-17(14(3)23)13(2)20-18(12)19(24)22(6)11-15-7-9-16(10-8-15)21(4)5/h7-10,20H,11H2,1-6H3. The second-order valence-electron chi connectivity index (χ2n) is 6.40. The van der Waals surface area contributed by atoms with Crippen LogP contribution in [0, 0.1) is 13.8 Å². The molecule has 1 amide bonds. The summed E-state index contributed by atoms with van der Waals surface area (Å²) in [5, 5.41) is 0. The lowest BCUT2D eigenvalue weighted by Gasteiger charge is -2.18. The molecule has 5 heteroatoms. The highest BCUT2D eigenvalue weighted by Gasteiger charge is 2.22. The first kappa shape index (κ1) is 17.8. The van der Waals surface area contributed by atoms with Crippen molar-refractivity contribution in [3.05, 3.63) is 52.3 Å². The van der Waals surface area contributed by atoms with E-state index in [0.29, 0.717) is 17.8 Å². The van der Waals surface area contributed by atoms with Crippen LogP contribution in [0.15, 0.2) is 24.3 Å². The van der Waals surface area contributed by atoms with Gasteiger partial charge in [0.05, 0.1) is 0 Å². The van der Waals surface area contributed by atoms with Crippen LogP contribution in [0.3, 0.4) is 0 Å². The highest BCUT2D eigenvalue weighted by atomic mass is 16.2. The number of amides is 1. The summed E-state index contributed by atoms with van der Waals surface area (Å²) in [5.41, 5.74) is 4.75. The molecule has 0 fully saturated rings. The van der Waals surface area contributed by atoms with Crippen LogP contribution in [0.2, 0.25) is 0 Å². The average molecular weight is 327 g/mol. The predicted molar refractivity (Wildman–Crippen MR) is 96.8 cm³/mol. The first-order chi connectivity index (χ1) is 11.2. The number of nitrogens with zero attached hydrogens (tertiary/aromatic N) is 2. The third kappa shape index (κ3) is 3.50. The fourth-order valence-corrected chi connectivity index (χ4v) is 2.93. The maximum atomic E-state index is 12.7. The molecular formula is C19H25N3O2. The van der Waals surface area contributed by atoms with Crippen molar-refractivity contribution in [1.29, 1.82) is 0 Å². The summed E-state index contributed by atoms with van der Waals surface area (Å²) in [7, 11) is 5.76. The topological polar surface area (TPSA) is 56.4 Å². The van der Waals surface area contributed by atoms with Crippen molar-refractivity contribution in [2.75, 3.05) is 26.0 Å². The van der Waals surface area contributed by atoms with Crippen molar-refractivity contribution in [2.24, 2.45) is 0 Å². The van der Waals surface area contributed by atoms with Gasteiger partial charge in [-0.25, -0.2) is 0 Å². The summed E-state index contributed by atoms with van der Waals surface area (Å²) in [6.45, 7) is 5.67. The summed E-state index contributed by atoms with van der Waals surface area (Å²) >= 11 is 0. The first-order valence-electron chi connectivity index (χ1n) is 7.94. The number of aromatic amines is 1. The molecule has 1 aromatic carbocycles. The zero-order valence-corrected chi connectivity index (χ0v) is 15.2. The summed E-state index contributed by atoms with van der Waals surface area (Å²) < 4.78 is 0. The van der Waals surface area contributed by atoms with Gasteiger partial charge >= 0.3 is 0 Å². The monoisotopic (exact) mass is 327 g/mol. The third-order valence-corrected chi connectivity index (χ3v) is 4.22. The molecule has 1 aromatic heterocycles. The van der Waals surface area contributed by atoms with Crippen molar-refractivity contribution in [1.82, 2.24) is 9.88 Å². The molecule has 1 N–H and O–H groups in total. The van der Waals surface area contributed by atoms with E-state index in [-0.39, 0.29) is 11.7 Å². The molecule has 0 aliphatic rings. The van der Waals surface area contributed by atoms with Crippen molar-refractivity contribution < 1.29 is 9.59 Å². The summed E-state index contributed by atoms with van der Waals surface area (Å²) in [4.78, 5) is 31.2. The number of H-pyrrole nitrogens is 1. The Morgan fingerprint density at radius 3 is 2.08 bits per heavy atom. The van der Waals surface area contributed by atoms with E-state index in [0.717, 1.165) is 22.5 Å². The molecule has 0 saturated carbocycles. The molecule has 0 aliphatic heterocycles. The number of nitrogens with one attached hydrogen (secondary N) is 1. The molecule has 5 nitrogen and oxygen atoms in total. The van der Waals surface area contributed by atoms with Gasteiger partial charge in [0.15, 0.2) is 5.78 Å². The van der Waals surface area contributed by atoms with E-state index < -0.39 is 0 Å². The van der Waals surface area contributed by atoms with Crippen LogP contribution < -0.4 is 4.90 Å². The number of hydrogen-bond donors (Lipinski definition) is 1. The van der Waals surface area contributed by atoms with Gasteiger partial charge in [0.2, 0.25) is 0 Å². The van der Waals surface area contributed by atoms with E-state index >= 15 is 0 Å². The van der Waals surface area contributed by atoms with E-state index in [1.165, 1.54) is 6.92 Å². The lowest BCUT2D eigenvalue weighted by molar-refractivity contribution is 0.0779. The number of anilines is 1. The summed E-state index contributed by atoms with van der Waals surface area (Å²) in [6, 6.07) is 8.11. The number of carbonyl (C=O) groups is 2. The fourth-order valence-electron chi connectivity index (χ4n) is 2.93. The number of carbonyl (C=O) groups excluding carboxylic acids is 2. The molecule has 1 heterocycles. The number of hydrogen-bond acceptors (Lipinski definition) is 3. The van der Waals surface area contributed by atoms with Gasteiger partial charge in [-0.05, 0) is 44.0 Å². The molecule has 2 aromatic rings. The predicted octanol–water partition coefficient (Wildman–Crippen LogP) is 3.17. The second kappa shape index (κ2) is 6.91. The van der Waals surface area contributed by atoms with Crippen LogP contribution in [0.25, 0.3) is 0 Å². The Balaban J connectivity index is 2.18. The number of aryl methyl sites for hydroxylation is 1. The van der Waals surface area contributed by atoms with Gasteiger partial charge in [-0.2, -0.15) is 0 Å². The van der Waals surface area contributed by atoms with E-state index in [1.54, 1.807) is 11.9 Å². The quantitative estimate of drug-likeness (QED) is 0.858. The maximum Gasteiger partial charge on any atom is 0.270 e. The molecule has 0 unspecified atom stereocenters. The molecule has 128 valence electrons. The lowest BCUT2D eigenvalue weighted by Crippen LogP contribution is -2.27. The van der Waals surface area contributed by atoms with Crippen LogP contribution in [0.1, 0.15) is 44.6 Å². The zero-order valence-electron chi connectivity index (χ0n) is 15.2. The van der Waals surface area contributed by atoms with Crippen LogP contribution in [0.4, 0.5) is 5.69 Å². The molecule has 0 bridgehead atoms. The number of benzene rings is 1. The Labute approximate surface area is 143 Å². The Hall–Kier alpha value is -2.56. The normalized spacial score (nSPS) is 10.6. The number of rotatable bonds is 5. The third-order valence-electron chi connectivity index (χ3n) is 4.22. The highest BCUT2D eigenvalue weighted by molar-refractivity contribution is 6.02. The van der Waals surface area contributed by atoms with Crippen molar-refractivity contribution >= 4 is 17.4 Å². The first-order valence-corrected chi connectivity index (χ1v) is 7.94. The van der Waals surface area contributed by atoms with Crippen molar-refractivity contribution in [2.45, 2.75) is 27.3 Å². The molecular weight excluding hydrogens is 302 g/mol. The van der Waals surface area contributed by atoms with Crippen LogP contribution in [-0.4, -0.2) is 42.7 Å². The number of ketones is 1. The van der Waals surface area contributed by atoms with Gasteiger partial charge in [-0.15, -0.1) is 0 Å². The Bertz CT molecular complexity index is 758. The highest BCUT2D eigenvalue weighted by Crippen LogP contribution is 2.20. The minimum atomic E-state index is -0.111. The van der Waals surface area contributed by atoms with E-state index in [4.69, 9.17) is 0 Å². The molecule has 24 heavy (non-hydrogen) atoms. The maximum absolute atomic E-state index is 12.7. The molecule has 0 atom stereocenters. The number of Topliss-reactive ketones (excluding diaryl/α,β-unsaturated/α-hetero) is 1. The van der Waals surface area contributed by atoms with E-state index in [2.05, 4.69) is 4.98 Å². The zero-order chi connectivity index (χ0) is 18.0. The Morgan fingerprint density at radius 2 is 1.62 bits per heavy atom. The van der Waals surface area contributed by atoms with Gasteiger partial charge in [0, 0.05) is 44.6 Å².